The van der Waals surface area contributed by atoms with Crippen molar-refractivity contribution < 1.29 is 33.1 Å². The molecule has 4 atom stereocenters. The normalized spacial score (nSPS) is 21.9. The van der Waals surface area contributed by atoms with E-state index in [-0.39, 0.29) is 41.3 Å². The van der Waals surface area contributed by atoms with Crippen LogP contribution in [0.4, 0.5) is 0 Å². The lowest BCUT2D eigenvalue weighted by atomic mass is 9.79. The molecule has 46 heavy (non-hydrogen) atoms. The molecule has 1 aliphatic heterocycles. The zero-order chi connectivity index (χ0) is 33.8. The molecule has 3 N–H and O–H groups in total. The number of fused-ring (bicyclic) bond motifs is 4. The minimum absolute atomic E-state index is 0.0354. The first-order valence-electron chi connectivity index (χ1n) is 15.5. The predicted molar refractivity (Wildman–Crippen MR) is 165 cm³/mol. The van der Waals surface area contributed by atoms with Gasteiger partial charge in [0.15, 0.2) is 17.1 Å². The van der Waals surface area contributed by atoms with Crippen molar-refractivity contribution >= 4 is 17.8 Å². The van der Waals surface area contributed by atoms with Crippen LogP contribution in [0.5, 0.6) is 0 Å². The van der Waals surface area contributed by atoms with Crippen LogP contribution in [0.1, 0.15) is 107 Å². The summed E-state index contributed by atoms with van der Waals surface area (Å²) in [7, 11) is 0. The van der Waals surface area contributed by atoms with Crippen molar-refractivity contribution in [1.82, 2.24) is 20.6 Å². The number of oxazole rings is 2. The summed E-state index contributed by atoms with van der Waals surface area (Å²) in [6, 6.07) is 6.27. The Balaban J connectivity index is 1.69. The summed E-state index contributed by atoms with van der Waals surface area (Å²) in [5.41, 5.74) is -0.302. The zero-order valence-corrected chi connectivity index (χ0v) is 27.5. The number of benzene rings is 1. The fraction of sp³-hybridized carbons (Fsp3) is 0.529. The van der Waals surface area contributed by atoms with E-state index in [1.165, 1.54) is 6.26 Å². The van der Waals surface area contributed by atoms with E-state index in [2.05, 4.69) is 21.7 Å². The highest BCUT2D eigenvalue weighted by Crippen LogP contribution is 2.49. The Morgan fingerprint density at radius 2 is 1.91 bits per heavy atom. The van der Waals surface area contributed by atoms with E-state index in [4.69, 9.17) is 18.6 Å². The highest BCUT2D eigenvalue weighted by Gasteiger charge is 2.49. The smallest absolute Gasteiger partial charge is 0.360 e. The van der Waals surface area contributed by atoms with Gasteiger partial charge in [0.25, 0.3) is 0 Å². The molecule has 0 radical (unpaired) electrons. The van der Waals surface area contributed by atoms with Gasteiger partial charge in [-0.1, -0.05) is 52.8 Å². The fourth-order valence-electron chi connectivity index (χ4n) is 5.82. The number of aryl methyl sites for hydroxylation is 1. The summed E-state index contributed by atoms with van der Waals surface area (Å²) in [6.07, 6.45) is 0.955. The third kappa shape index (κ3) is 6.16. The molecular weight excluding hydrogens is 590 g/mol. The molecule has 1 aliphatic carbocycles. The number of carbonyl (C=O) groups is 3. The van der Waals surface area contributed by atoms with E-state index in [9.17, 15) is 24.8 Å². The van der Waals surface area contributed by atoms with Crippen LogP contribution in [-0.2, 0) is 32.6 Å². The third-order valence-electron chi connectivity index (χ3n) is 8.31. The Morgan fingerprint density at radius 1 is 1.20 bits per heavy atom. The molecule has 2 aromatic heterocycles. The molecule has 0 saturated heterocycles. The third-order valence-corrected chi connectivity index (χ3v) is 8.31. The summed E-state index contributed by atoms with van der Waals surface area (Å²) >= 11 is 0. The first-order chi connectivity index (χ1) is 21.4. The van der Waals surface area contributed by atoms with Gasteiger partial charge in [-0.15, -0.1) is 0 Å². The van der Waals surface area contributed by atoms with Gasteiger partial charge < -0.3 is 29.3 Å². The topological polar surface area (TPSA) is 181 Å². The van der Waals surface area contributed by atoms with Crippen LogP contribution < -0.4 is 10.6 Å². The quantitative estimate of drug-likeness (QED) is 0.344. The molecule has 12 heteroatoms. The average Bonchev–Trinajstić information content (AvgIpc) is 3.70. The van der Waals surface area contributed by atoms with Crippen LogP contribution >= 0.6 is 0 Å². The highest BCUT2D eigenvalue weighted by atomic mass is 16.6. The molecule has 244 valence electrons. The molecule has 0 unspecified atom stereocenters. The Hall–Kier alpha value is -4.50. The lowest BCUT2D eigenvalue weighted by molar-refractivity contribution is -0.136. The van der Waals surface area contributed by atoms with Gasteiger partial charge in [-0.3, -0.25) is 9.59 Å². The number of aliphatic hydroxyl groups excluding tert-OH is 1. The standard InChI is InChI=1S/C34H41N5O7/c1-17(2)24(40)28(42)36-21-14-18-9-10-19-11-12-34(16-35,20(19)13-18)26-23(29-37-22(15-44-29)31(43)46-33(6,7)8)38-30(45-26)25(32(3,4)5)39-27(21)41/h9-10,13,15,17,21,24-25,40H,11-12,14H2,1-8H3,(H,36,42)(H,39,41)/t21-,24-,25+,34+/m0/s1. The summed E-state index contributed by atoms with van der Waals surface area (Å²) < 4.78 is 17.7. The molecule has 1 aromatic carbocycles. The molecule has 0 fully saturated rings. The molecule has 0 spiro atoms. The van der Waals surface area contributed by atoms with Crippen molar-refractivity contribution in [3.05, 3.63) is 58.5 Å². The van der Waals surface area contributed by atoms with E-state index in [0.29, 0.717) is 24.0 Å². The maximum absolute atomic E-state index is 13.9. The molecule has 0 saturated carbocycles. The molecule has 2 aliphatic rings. The maximum Gasteiger partial charge on any atom is 0.360 e. The largest absolute Gasteiger partial charge is 0.455 e. The lowest BCUT2D eigenvalue weighted by Crippen LogP contribution is -2.53. The number of nitrogens with one attached hydrogen (secondary N) is 2. The molecule has 3 heterocycles. The first-order valence-corrected chi connectivity index (χ1v) is 15.5. The van der Waals surface area contributed by atoms with Gasteiger partial charge >= 0.3 is 5.97 Å². The van der Waals surface area contributed by atoms with Gasteiger partial charge in [-0.25, -0.2) is 14.8 Å². The maximum atomic E-state index is 13.9. The number of carbonyl (C=O) groups excluding carboxylic acids is 3. The van der Waals surface area contributed by atoms with Gasteiger partial charge in [-0.05, 0) is 61.6 Å². The van der Waals surface area contributed by atoms with E-state index < -0.39 is 52.4 Å². The van der Waals surface area contributed by atoms with Crippen LogP contribution in [0.2, 0.25) is 0 Å². The van der Waals surface area contributed by atoms with Crippen molar-refractivity contribution in [2.45, 2.75) is 104 Å². The number of rotatable bonds is 5. The zero-order valence-electron chi connectivity index (χ0n) is 27.5. The Kier molecular flexibility index (Phi) is 8.36. The summed E-state index contributed by atoms with van der Waals surface area (Å²) in [5.74, 6) is -1.92. The second kappa shape index (κ2) is 11.7. The molecule has 3 aromatic rings. The van der Waals surface area contributed by atoms with Crippen molar-refractivity contribution in [2.24, 2.45) is 11.3 Å². The first kappa shape index (κ1) is 32.9. The van der Waals surface area contributed by atoms with Crippen molar-refractivity contribution in [1.29, 1.82) is 5.26 Å². The predicted octanol–water partition coefficient (Wildman–Crippen LogP) is 4.30. The number of hydrogen-bond acceptors (Lipinski definition) is 10. The molecule has 12 nitrogen and oxygen atoms in total. The van der Waals surface area contributed by atoms with Crippen molar-refractivity contribution in [3.8, 4) is 17.7 Å². The highest BCUT2D eigenvalue weighted by molar-refractivity contribution is 5.90. The number of nitrogens with zero attached hydrogens (tertiary/aromatic N) is 3. The van der Waals surface area contributed by atoms with Crippen LogP contribution in [0.25, 0.3) is 11.6 Å². The second-order valence-electron chi connectivity index (χ2n) is 14.5. The van der Waals surface area contributed by atoms with E-state index >= 15 is 0 Å². The van der Waals surface area contributed by atoms with Gasteiger partial charge in [0, 0.05) is 6.42 Å². The fourth-order valence-corrected chi connectivity index (χ4v) is 5.82. The summed E-state index contributed by atoms with van der Waals surface area (Å²) in [4.78, 5) is 48.8. The van der Waals surface area contributed by atoms with E-state index in [1.54, 1.807) is 34.6 Å². The summed E-state index contributed by atoms with van der Waals surface area (Å²) in [6.45, 7) is 14.3. The molecule has 2 amide bonds. The van der Waals surface area contributed by atoms with Crippen LogP contribution in [0, 0.1) is 22.7 Å². The second-order valence-corrected chi connectivity index (χ2v) is 14.5. The van der Waals surface area contributed by atoms with Gasteiger partial charge in [0.2, 0.25) is 23.6 Å². The van der Waals surface area contributed by atoms with E-state index in [0.717, 1.165) is 5.56 Å². The molecule has 5 rings (SSSR count). The Bertz CT molecular complexity index is 1720. The Morgan fingerprint density at radius 3 is 2.54 bits per heavy atom. The van der Waals surface area contributed by atoms with Gasteiger partial charge in [-0.2, -0.15) is 5.26 Å². The summed E-state index contributed by atoms with van der Waals surface area (Å²) in [5, 5.41) is 27.0. The number of hydrogen-bond donors (Lipinski definition) is 3. The number of ether oxygens (including phenoxy) is 1. The number of nitriles is 1. The molecular formula is C34H41N5O7. The minimum Gasteiger partial charge on any atom is -0.455 e. The number of aliphatic hydroxyl groups is 1. The van der Waals surface area contributed by atoms with Crippen LogP contribution in [-0.4, -0.2) is 50.6 Å². The number of amides is 2. The van der Waals surface area contributed by atoms with Gasteiger partial charge in [0.05, 0.1) is 6.07 Å². The Labute approximate surface area is 267 Å². The SMILES string of the molecule is CC(C)[C@H](O)C(=O)N[C@H]1Cc2ccc3c(c2)[C@](C#N)(CC3)c2oc(nc2-c2nc(C(=O)OC(C)(C)C)co2)[C@H](C(C)(C)C)NC1=O. The number of esters is 1. The van der Waals surface area contributed by atoms with Gasteiger partial charge in [0.1, 0.15) is 35.5 Å². The average molecular weight is 632 g/mol. The monoisotopic (exact) mass is 631 g/mol. The van der Waals surface area contributed by atoms with E-state index in [1.807, 2.05) is 39.0 Å². The minimum atomic E-state index is -1.30. The lowest BCUT2D eigenvalue weighted by Gasteiger charge is -2.31. The van der Waals surface area contributed by atoms with Crippen molar-refractivity contribution in [2.75, 3.05) is 0 Å². The van der Waals surface area contributed by atoms with Crippen LogP contribution in [0.15, 0.2) is 33.3 Å². The number of aromatic nitrogens is 2. The van der Waals surface area contributed by atoms with Crippen molar-refractivity contribution in [3.63, 3.8) is 0 Å². The van der Waals surface area contributed by atoms with Crippen LogP contribution in [0.3, 0.4) is 0 Å². The molecule has 4 bridgehead atoms.